The van der Waals surface area contributed by atoms with Gasteiger partial charge in [0.25, 0.3) is 0 Å². The minimum absolute atomic E-state index is 0.313. The number of aromatic nitrogens is 2. The van der Waals surface area contributed by atoms with E-state index in [2.05, 4.69) is 32.6 Å². The van der Waals surface area contributed by atoms with Crippen molar-refractivity contribution in [3.63, 3.8) is 0 Å². The van der Waals surface area contributed by atoms with Crippen LogP contribution >= 0.6 is 34.2 Å². The van der Waals surface area contributed by atoms with E-state index >= 15 is 0 Å². The number of aryl methyl sites for hydroxylation is 1. The molecule has 0 saturated heterocycles. The van der Waals surface area contributed by atoms with E-state index in [0.717, 1.165) is 34.2 Å². The predicted molar refractivity (Wildman–Crippen MR) is 79.1 cm³/mol. The third-order valence-electron chi connectivity index (χ3n) is 2.54. The van der Waals surface area contributed by atoms with Crippen LogP contribution in [0.2, 0.25) is 5.15 Å². The van der Waals surface area contributed by atoms with Crippen LogP contribution in [0.25, 0.3) is 11.4 Å². The molecule has 0 aliphatic carbocycles. The lowest BCUT2D eigenvalue weighted by Gasteiger charge is -2.07. The molecule has 2 aromatic rings. The Balaban J connectivity index is 2.52. The molecule has 0 aliphatic heterocycles. The zero-order valence-electron chi connectivity index (χ0n) is 10.1. The van der Waals surface area contributed by atoms with Crippen LogP contribution in [-0.4, -0.2) is 9.97 Å². The van der Waals surface area contributed by atoms with E-state index in [9.17, 15) is 8.78 Å². The highest BCUT2D eigenvalue weighted by Gasteiger charge is 2.13. The summed E-state index contributed by atoms with van der Waals surface area (Å²) in [6.45, 7) is 2.03. The highest BCUT2D eigenvalue weighted by atomic mass is 127. The van der Waals surface area contributed by atoms with Crippen LogP contribution in [0.1, 0.15) is 19.0 Å². The third-order valence-corrected chi connectivity index (χ3v) is 4.27. The molecule has 0 aliphatic rings. The van der Waals surface area contributed by atoms with E-state index in [1.165, 1.54) is 6.07 Å². The summed E-state index contributed by atoms with van der Waals surface area (Å²) in [7, 11) is 0. The van der Waals surface area contributed by atoms with Crippen molar-refractivity contribution in [3.05, 3.63) is 44.3 Å². The normalized spacial score (nSPS) is 10.8. The van der Waals surface area contributed by atoms with Crippen LogP contribution in [0.4, 0.5) is 8.78 Å². The molecule has 0 fully saturated rings. The second-order valence-electron chi connectivity index (χ2n) is 3.98. The van der Waals surface area contributed by atoms with Gasteiger partial charge < -0.3 is 0 Å². The zero-order valence-corrected chi connectivity index (χ0v) is 13.0. The summed E-state index contributed by atoms with van der Waals surface area (Å²) in [5, 5.41) is 0.332. The first-order chi connectivity index (χ1) is 9.02. The third kappa shape index (κ3) is 3.20. The summed E-state index contributed by atoms with van der Waals surface area (Å²) in [5.74, 6) is -1.50. The van der Waals surface area contributed by atoms with E-state index in [4.69, 9.17) is 11.6 Å². The number of halogens is 4. The molecule has 1 aromatic carbocycles. The van der Waals surface area contributed by atoms with Gasteiger partial charge in [-0.15, -0.1) is 0 Å². The van der Waals surface area contributed by atoms with Crippen molar-refractivity contribution in [2.75, 3.05) is 0 Å². The summed E-state index contributed by atoms with van der Waals surface area (Å²) < 4.78 is 26.9. The standard InChI is InChI=1S/C13H10ClF2IN2/c1-2-3-10-11(17)12(14)19-13(18-10)7-4-5-8(15)9(16)6-7/h4-6H,2-3H2,1H3. The van der Waals surface area contributed by atoms with Crippen molar-refractivity contribution in [3.8, 4) is 11.4 Å². The highest BCUT2D eigenvalue weighted by Crippen LogP contribution is 2.25. The first-order valence-electron chi connectivity index (χ1n) is 5.70. The number of benzene rings is 1. The summed E-state index contributed by atoms with van der Waals surface area (Å²) in [6, 6.07) is 3.57. The fraction of sp³-hybridized carbons (Fsp3) is 0.231. The molecular weight excluding hydrogens is 385 g/mol. The molecule has 0 radical (unpaired) electrons. The molecule has 6 heteroatoms. The summed E-state index contributed by atoms with van der Waals surface area (Å²) in [4.78, 5) is 8.49. The van der Waals surface area contributed by atoms with Gasteiger partial charge in [0.1, 0.15) is 5.15 Å². The lowest BCUT2D eigenvalue weighted by Crippen LogP contribution is -2.01. The fourth-order valence-electron chi connectivity index (χ4n) is 1.63. The van der Waals surface area contributed by atoms with Crippen LogP contribution in [-0.2, 0) is 6.42 Å². The van der Waals surface area contributed by atoms with Gasteiger partial charge in [-0.1, -0.05) is 24.9 Å². The quantitative estimate of drug-likeness (QED) is 0.560. The summed E-state index contributed by atoms with van der Waals surface area (Å²) in [6.07, 6.45) is 1.68. The average Bonchev–Trinajstić information content (AvgIpc) is 2.38. The van der Waals surface area contributed by atoms with Crippen molar-refractivity contribution in [2.45, 2.75) is 19.8 Å². The number of rotatable bonds is 3. The first-order valence-corrected chi connectivity index (χ1v) is 7.16. The predicted octanol–water partition coefficient (Wildman–Crippen LogP) is 4.63. The van der Waals surface area contributed by atoms with Crippen molar-refractivity contribution >= 4 is 34.2 Å². The van der Waals surface area contributed by atoms with Crippen LogP contribution in [0.15, 0.2) is 18.2 Å². The molecule has 100 valence electrons. The second kappa shape index (κ2) is 6.09. The number of hydrogen-bond acceptors (Lipinski definition) is 2. The van der Waals surface area contributed by atoms with Crippen molar-refractivity contribution in [2.24, 2.45) is 0 Å². The van der Waals surface area contributed by atoms with E-state index in [-0.39, 0.29) is 0 Å². The van der Waals surface area contributed by atoms with Crippen molar-refractivity contribution in [1.29, 1.82) is 0 Å². The Bertz CT molecular complexity index is 620. The van der Waals surface area contributed by atoms with Crippen molar-refractivity contribution < 1.29 is 8.78 Å². The van der Waals surface area contributed by atoms with Crippen molar-refractivity contribution in [1.82, 2.24) is 9.97 Å². The molecule has 2 rings (SSSR count). The molecule has 0 bridgehead atoms. The van der Waals surface area contributed by atoms with Gasteiger partial charge in [0, 0.05) is 5.56 Å². The average molecular weight is 395 g/mol. The van der Waals surface area contributed by atoms with E-state index < -0.39 is 11.6 Å². The minimum Gasteiger partial charge on any atom is -0.232 e. The largest absolute Gasteiger partial charge is 0.232 e. The SMILES string of the molecule is CCCc1nc(-c2ccc(F)c(F)c2)nc(Cl)c1I. The maximum absolute atomic E-state index is 13.2. The van der Waals surface area contributed by atoms with E-state index in [1.54, 1.807) is 0 Å². The van der Waals surface area contributed by atoms with Crippen LogP contribution in [0.3, 0.4) is 0 Å². The highest BCUT2D eigenvalue weighted by molar-refractivity contribution is 14.1. The Hall–Kier alpha value is -0.820. The van der Waals surface area contributed by atoms with E-state index in [1.807, 2.05) is 6.92 Å². The van der Waals surface area contributed by atoms with Gasteiger partial charge in [0.05, 0.1) is 9.26 Å². The molecule has 1 aromatic heterocycles. The molecule has 0 amide bonds. The Labute approximate surface area is 128 Å². The first kappa shape index (κ1) is 14.6. The maximum atomic E-state index is 13.2. The minimum atomic E-state index is -0.923. The number of nitrogens with zero attached hydrogens (tertiary/aromatic N) is 2. The maximum Gasteiger partial charge on any atom is 0.161 e. The Morgan fingerprint density at radius 3 is 2.58 bits per heavy atom. The lowest BCUT2D eigenvalue weighted by atomic mass is 10.2. The van der Waals surface area contributed by atoms with Gasteiger partial charge in [0.15, 0.2) is 17.5 Å². The molecule has 0 spiro atoms. The molecule has 19 heavy (non-hydrogen) atoms. The van der Waals surface area contributed by atoms with Gasteiger partial charge in [-0.05, 0) is 47.2 Å². The molecule has 0 unspecified atom stereocenters. The zero-order chi connectivity index (χ0) is 14.0. The Morgan fingerprint density at radius 1 is 1.21 bits per heavy atom. The Kier molecular flexibility index (Phi) is 4.67. The number of hydrogen-bond donors (Lipinski definition) is 0. The second-order valence-corrected chi connectivity index (χ2v) is 5.41. The van der Waals surface area contributed by atoms with Crippen LogP contribution < -0.4 is 0 Å². The van der Waals surface area contributed by atoms with Gasteiger partial charge >= 0.3 is 0 Å². The topological polar surface area (TPSA) is 25.8 Å². The lowest BCUT2D eigenvalue weighted by molar-refractivity contribution is 0.509. The Morgan fingerprint density at radius 2 is 1.95 bits per heavy atom. The van der Waals surface area contributed by atoms with Gasteiger partial charge in [-0.3, -0.25) is 0 Å². The summed E-state index contributed by atoms with van der Waals surface area (Å²) >= 11 is 8.13. The molecule has 0 saturated carbocycles. The summed E-state index contributed by atoms with van der Waals surface area (Å²) in [5.41, 5.74) is 1.23. The molecule has 2 nitrogen and oxygen atoms in total. The fourth-order valence-corrected chi connectivity index (χ4v) is 2.33. The molecular formula is C13H10ClF2IN2. The monoisotopic (exact) mass is 394 g/mol. The smallest absolute Gasteiger partial charge is 0.161 e. The van der Waals surface area contributed by atoms with E-state index in [0.29, 0.717) is 16.5 Å². The van der Waals surface area contributed by atoms with Gasteiger partial charge in [0.2, 0.25) is 0 Å². The van der Waals surface area contributed by atoms with Crippen LogP contribution in [0.5, 0.6) is 0 Å². The van der Waals surface area contributed by atoms with Crippen LogP contribution in [0, 0.1) is 15.2 Å². The van der Waals surface area contributed by atoms with Gasteiger partial charge in [-0.2, -0.15) is 0 Å². The molecule has 0 atom stereocenters. The van der Waals surface area contributed by atoms with Gasteiger partial charge in [-0.25, -0.2) is 18.7 Å². The molecule has 1 heterocycles. The molecule has 0 N–H and O–H groups in total.